The summed E-state index contributed by atoms with van der Waals surface area (Å²) in [6.45, 7) is 5.50. The lowest BCUT2D eigenvalue weighted by Gasteiger charge is -2.23. The maximum Gasteiger partial charge on any atom is 0.234 e. The van der Waals surface area contributed by atoms with Gasteiger partial charge in [0.05, 0.1) is 6.54 Å². The van der Waals surface area contributed by atoms with Crippen LogP contribution in [-0.2, 0) is 11.3 Å². The van der Waals surface area contributed by atoms with Crippen LogP contribution in [0.4, 0.5) is 5.69 Å². The normalized spacial score (nSPS) is 14.7. The molecule has 3 N–H and O–H groups in total. The minimum atomic E-state index is 0.138. The summed E-state index contributed by atoms with van der Waals surface area (Å²) in [5, 5.41) is 3.12. The van der Waals surface area contributed by atoms with Gasteiger partial charge < -0.3 is 11.1 Å². The van der Waals surface area contributed by atoms with Crippen molar-refractivity contribution in [1.82, 2.24) is 10.2 Å². The van der Waals surface area contributed by atoms with Gasteiger partial charge in [-0.05, 0) is 43.4 Å². The number of amides is 1. The number of nitrogen functional groups attached to an aromatic ring is 1. The number of nitrogens with zero attached hydrogens (tertiary/aromatic N) is 1. The van der Waals surface area contributed by atoms with E-state index in [2.05, 4.69) is 30.1 Å². The molecule has 0 aliphatic heterocycles. The Bertz CT molecular complexity index is 467. The quantitative estimate of drug-likeness (QED) is 0.723. The van der Waals surface area contributed by atoms with Crippen molar-refractivity contribution < 1.29 is 4.79 Å². The predicted octanol–water partition coefficient (Wildman–Crippen LogP) is 2.54. The van der Waals surface area contributed by atoms with E-state index in [4.69, 9.17) is 5.73 Å². The SMILES string of the molecule is CCC(CC)NC(=O)CN(Cc1cccc(N)c1)C1CC1. The molecule has 0 atom stereocenters. The van der Waals surface area contributed by atoms with Gasteiger partial charge in [0, 0.05) is 24.3 Å². The first-order chi connectivity index (χ1) is 10.1. The number of anilines is 1. The second kappa shape index (κ2) is 7.46. The summed E-state index contributed by atoms with van der Waals surface area (Å²) in [4.78, 5) is 14.5. The molecular formula is C17H27N3O. The number of hydrogen-bond donors (Lipinski definition) is 2. The number of nitrogens with one attached hydrogen (secondary N) is 1. The fourth-order valence-electron chi connectivity index (χ4n) is 2.63. The van der Waals surface area contributed by atoms with Crippen LogP contribution in [0.5, 0.6) is 0 Å². The van der Waals surface area contributed by atoms with E-state index in [1.165, 1.54) is 18.4 Å². The molecule has 1 aliphatic rings. The van der Waals surface area contributed by atoms with E-state index >= 15 is 0 Å². The van der Waals surface area contributed by atoms with Crippen LogP contribution in [0, 0.1) is 0 Å². The van der Waals surface area contributed by atoms with Crippen LogP contribution in [-0.4, -0.2) is 29.4 Å². The Morgan fingerprint density at radius 1 is 1.38 bits per heavy atom. The highest BCUT2D eigenvalue weighted by molar-refractivity contribution is 5.78. The summed E-state index contributed by atoms with van der Waals surface area (Å²) in [5.41, 5.74) is 7.79. The van der Waals surface area contributed by atoms with Crippen LogP contribution in [0.1, 0.15) is 45.1 Å². The van der Waals surface area contributed by atoms with Gasteiger partial charge in [-0.2, -0.15) is 0 Å². The molecule has 1 saturated carbocycles. The molecule has 116 valence electrons. The number of rotatable bonds is 8. The van der Waals surface area contributed by atoms with E-state index in [0.717, 1.165) is 25.1 Å². The minimum Gasteiger partial charge on any atom is -0.399 e. The van der Waals surface area contributed by atoms with E-state index in [1.807, 2.05) is 18.2 Å². The van der Waals surface area contributed by atoms with Crippen molar-refractivity contribution in [3.05, 3.63) is 29.8 Å². The highest BCUT2D eigenvalue weighted by atomic mass is 16.2. The Kier molecular flexibility index (Phi) is 5.62. The first-order valence-corrected chi connectivity index (χ1v) is 8.00. The zero-order valence-electron chi connectivity index (χ0n) is 13.1. The van der Waals surface area contributed by atoms with Gasteiger partial charge in [0.15, 0.2) is 0 Å². The van der Waals surface area contributed by atoms with Crippen molar-refractivity contribution in [3.63, 3.8) is 0 Å². The minimum absolute atomic E-state index is 0.138. The van der Waals surface area contributed by atoms with Crippen LogP contribution in [0.15, 0.2) is 24.3 Å². The summed E-state index contributed by atoms with van der Waals surface area (Å²) in [5.74, 6) is 0.138. The number of carbonyl (C=O) groups excluding carboxylic acids is 1. The third kappa shape index (κ3) is 5.05. The van der Waals surface area contributed by atoms with Gasteiger partial charge in [-0.3, -0.25) is 9.69 Å². The third-order valence-corrected chi connectivity index (χ3v) is 4.10. The molecule has 0 spiro atoms. The Balaban J connectivity index is 1.92. The highest BCUT2D eigenvalue weighted by Crippen LogP contribution is 2.28. The number of nitrogens with two attached hydrogens (primary N) is 1. The van der Waals surface area contributed by atoms with Crippen LogP contribution < -0.4 is 11.1 Å². The zero-order valence-corrected chi connectivity index (χ0v) is 13.1. The Hall–Kier alpha value is -1.55. The maximum atomic E-state index is 12.2. The summed E-state index contributed by atoms with van der Waals surface area (Å²) < 4.78 is 0. The summed E-state index contributed by atoms with van der Waals surface area (Å²) in [6.07, 6.45) is 4.36. The lowest BCUT2D eigenvalue weighted by molar-refractivity contribution is -0.123. The fourth-order valence-corrected chi connectivity index (χ4v) is 2.63. The molecule has 0 saturated heterocycles. The van der Waals surface area contributed by atoms with Crippen molar-refractivity contribution in [2.45, 2.75) is 58.2 Å². The average Bonchev–Trinajstić information content (AvgIpc) is 3.28. The van der Waals surface area contributed by atoms with Gasteiger partial charge in [0.25, 0.3) is 0 Å². The van der Waals surface area contributed by atoms with Crippen molar-refractivity contribution in [1.29, 1.82) is 0 Å². The molecule has 4 heteroatoms. The van der Waals surface area contributed by atoms with Crippen molar-refractivity contribution in [2.24, 2.45) is 0 Å². The van der Waals surface area contributed by atoms with E-state index in [0.29, 0.717) is 18.6 Å². The molecule has 1 amide bonds. The first kappa shape index (κ1) is 15.8. The van der Waals surface area contributed by atoms with Crippen LogP contribution in [0.3, 0.4) is 0 Å². The number of benzene rings is 1. The highest BCUT2D eigenvalue weighted by Gasteiger charge is 2.30. The van der Waals surface area contributed by atoms with Gasteiger partial charge in [-0.1, -0.05) is 26.0 Å². The molecule has 0 unspecified atom stereocenters. The monoisotopic (exact) mass is 289 g/mol. The van der Waals surface area contributed by atoms with E-state index in [-0.39, 0.29) is 5.91 Å². The topological polar surface area (TPSA) is 58.4 Å². The molecule has 1 aliphatic carbocycles. The van der Waals surface area contributed by atoms with Crippen LogP contribution >= 0.6 is 0 Å². The predicted molar refractivity (Wildman–Crippen MR) is 86.8 cm³/mol. The van der Waals surface area contributed by atoms with E-state index in [1.54, 1.807) is 0 Å². The molecule has 1 fully saturated rings. The second-order valence-corrected chi connectivity index (χ2v) is 5.96. The Morgan fingerprint density at radius 3 is 2.67 bits per heavy atom. The van der Waals surface area contributed by atoms with Gasteiger partial charge in [-0.15, -0.1) is 0 Å². The second-order valence-electron chi connectivity index (χ2n) is 5.96. The average molecular weight is 289 g/mol. The molecule has 0 heterocycles. The molecular weight excluding hydrogens is 262 g/mol. The summed E-state index contributed by atoms with van der Waals surface area (Å²) in [6, 6.07) is 8.79. The molecule has 0 radical (unpaired) electrons. The molecule has 0 bridgehead atoms. The standard InChI is InChI=1S/C17H27N3O/c1-3-15(4-2)19-17(21)12-20(16-8-9-16)11-13-6-5-7-14(18)10-13/h5-7,10,15-16H,3-4,8-9,11-12,18H2,1-2H3,(H,19,21). The zero-order chi connectivity index (χ0) is 15.2. The maximum absolute atomic E-state index is 12.2. The van der Waals surface area contributed by atoms with E-state index in [9.17, 15) is 4.79 Å². The molecule has 1 aromatic rings. The lowest BCUT2D eigenvalue weighted by Crippen LogP contribution is -2.42. The molecule has 1 aromatic carbocycles. The largest absolute Gasteiger partial charge is 0.399 e. The van der Waals surface area contributed by atoms with Crippen molar-refractivity contribution in [2.75, 3.05) is 12.3 Å². The van der Waals surface area contributed by atoms with Crippen molar-refractivity contribution in [3.8, 4) is 0 Å². The van der Waals surface area contributed by atoms with Crippen LogP contribution in [0.25, 0.3) is 0 Å². The molecule has 4 nitrogen and oxygen atoms in total. The number of carbonyl (C=O) groups is 1. The van der Waals surface area contributed by atoms with Crippen LogP contribution in [0.2, 0.25) is 0 Å². The first-order valence-electron chi connectivity index (χ1n) is 8.00. The lowest BCUT2D eigenvalue weighted by atomic mass is 10.1. The van der Waals surface area contributed by atoms with Gasteiger partial charge in [-0.25, -0.2) is 0 Å². The Labute approximate surface area is 127 Å². The van der Waals surface area contributed by atoms with Gasteiger partial charge >= 0.3 is 0 Å². The Morgan fingerprint density at radius 2 is 2.10 bits per heavy atom. The van der Waals surface area contributed by atoms with Crippen molar-refractivity contribution >= 4 is 11.6 Å². The number of hydrogen-bond acceptors (Lipinski definition) is 3. The molecule has 0 aromatic heterocycles. The molecule has 21 heavy (non-hydrogen) atoms. The smallest absolute Gasteiger partial charge is 0.234 e. The summed E-state index contributed by atoms with van der Waals surface area (Å²) in [7, 11) is 0. The van der Waals surface area contributed by atoms with Gasteiger partial charge in [0.1, 0.15) is 0 Å². The fraction of sp³-hybridized carbons (Fsp3) is 0.588. The summed E-state index contributed by atoms with van der Waals surface area (Å²) >= 11 is 0. The molecule has 2 rings (SSSR count). The van der Waals surface area contributed by atoms with E-state index < -0.39 is 0 Å². The van der Waals surface area contributed by atoms with Gasteiger partial charge in [0.2, 0.25) is 5.91 Å². The third-order valence-electron chi connectivity index (χ3n) is 4.10.